The summed E-state index contributed by atoms with van der Waals surface area (Å²) < 4.78 is 1.86. The maximum Gasteiger partial charge on any atom is 0.335 e. The van der Waals surface area contributed by atoms with Crippen molar-refractivity contribution in [2.24, 2.45) is 5.92 Å². The lowest BCUT2D eigenvalue weighted by Crippen LogP contribution is -2.01. The van der Waals surface area contributed by atoms with Crippen molar-refractivity contribution in [1.82, 2.24) is 15.0 Å². The molecule has 3 rings (SSSR count). The van der Waals surface area contributed by atoms with E-state index in [1.807, 2.05) is 4.68 Å². The van der Waals surface area contributed by atoms with Crippen LogP contribution in [0.3, 0.4) is 0 Å². The van der Waals surface area contributed by atoms with E-state index in [4.69, 9.17) is 5.11 Å². The van der Waals surface area contributed by atoms with E-state index in [2.05, 4.69) is 10.3 Å². The molecule has 1 saturated carbocycles. The Labute approximate surface area is 104 Å². The van der Waals surface area contributed by atoms with Crippen LogP contribution in [-0.2, 0) is 6.54 Å². The van der Waals surface area contributed by atoms with Crippen molar-refractivity contribution in [3.63, 3.8) is 0 Å². The minimum atomic E-state index is -0.930. The van der Waals surface area contributed by atoms with Gasteiger partial charge in [0.1, 0.15) is 5.52 Å². The summed E-state index contributed by atoms with van der Waals surface area (Å²) in [6, 6.07) is 4.96. The molecule has 0 bridgehead atoms. The first kappa shape index (κ1) is 11.2. The van der Waals surface area contributed by atoms with Gasteiger partial charge in [-0.05, 0) is 37.0 Å². The molecule has 0 aliphatic heterocycles. The van der Waals surface area contributed by atoms with Crippen LogP contribution in [0.2, 0.25) is 0 Å². The maximum atomic E-state index is 10.9. The highest BCUT2D eigenvalue weighted by Crippen LogP contribution is 2.33. The first-order chi connectivity index (χ1) is 8.74. The van der Waals surface area contributed by atoms with Gasteiger partial charge in [0.05, 0.1) is 11.1 Å². The summed E-state index contributed by atoms with van der Waals surface area (Å²) in [4.78, 5) is 10.9. The fourth-order valence-electron chi connectivity index (χ4n) is 2.21. The van der Waals surface area contributed by atoms with Gasteiger partial charge in [-0.1, -0.05) is 18.1 Å². The number of fused-ring (bicyclic) bond motifs is 1. The molecule has 1 aromatic heterocycles. The van der Waals surface area contributed by atoms with Crippen LogP contribution in [0.4, 0.5) is 0 Å². The maximum absolute atomic E-state index is 10.9. The van der Waals surface area contributed by atoms with Gasteiger partial charge in [-0.15, -0.1) is 5.10 Å². The topological polar surface area (TPSA) is 68.0 Å². The van der Waals surface area contributed by atoms with Gasteiger partial charge in [0.25, 0.3) is 0 Å². The molecule has 0 radical (unpaired) electrons. The number of aromatic carboxylic acids is 1. The summed E-state index contributed by atoms with van der Waals surface area (Å²) in [5.74, 6) is -0.00131. The number of aromatic nitrogens is 3. The number of hydrogen-bond acceptors (Lipinski definition) is 3. The lowest BCUT2D eigenvalue weighted by atomic mass is 10.2. The Balaban J connectivity index is 1.77. The quantitative estimate of drug-likeness (QED) is 0.877. The Bertz CT molecular complexity index is 587. The van der Waals surface area contributed by atoms with Crippen molar-refractivity contribution in [3.8, 4) is 0 Å². The summed E-state index contributed by atoms with van der Waals surface area (Å²) in [5.41, 5.74) is 1.82. The van der Waals surface area contributed by atoms with Crippen molar-refractivity contribution in [2.45, 2.75) is 32.2 Å². The van der Waals surface area contributed by atoms with Gasteiger partial charge in [-0.2, -0.15) is 0 Å². The average molecular weight is 245 g/mol. The van der Waals surface area contributed by atoms with Crippen LogP contribution in [-0.4, -0.2) is 26.1 Å². The Morgan fingerprint density at radius 1 is 1.44 bits per heavy atom. The molecule has 1 aliphatic rings. The van der Waals surface area contributed by atoms with Gasteiger partial charge in [0.15, 0.2) is 0 Å². The van der Waals surface area contributed by atoms with E-state index in [-0.39, 0.29) is 5.56 Å². The molecule has 0 amide bonds. The van der Waals surface area contributed by atoms with E-state index < -0.39 is 5.97 Å². The SMILES string of the molecule is O=C(O)c1ccc2c(c1)nnn2CCCC1CC1. The normalized spacial score (nSPS) is 15.1. The molecule has 1 N–H and O–H groups in total. The lowest BCUT2D eigenvalue weighted by Gasteiger charge is -2.01. The molecule has 1 heterocycles. The van der Waals surface area contributed by atoms with Crippen LogP contribution in [0.5, 0.6) is 0 Å². The number of carboxylic acids is 1. The largest absolute Gasteiger partial charge is 0.478 e. The van der Waals surface area contributed by atoms with E-state index in [1.54, 1.807) is 18.2 Å². The molecule has 18 heavy (non-hydrogen) atoms. The molecular weight excluding hydrogens is 230 g/mol. The van der Waals surface area contributed by atoms with E-state index in [0.717, 1.165) is 24.4 Å². The molecule has 94 valence electrons. The molecule has 2 aromatic rings. The van der Waals surface area contributed by atoms with Crippen LogP contribution >= 0.6 is 0 Å². The van der Waals surface area contributed by atoms with Crippen LogP contribution in [0.15, 0.2) is 18.2 Å². The predicted octanol–water partition coefficient (Wildman–Crippen LogP) is 2.32. The monoisotopic (exact) mass is 245 g/mol. The van der Waals surface area contributed by atoms with Gasteiger partial charge in [0.2, 0.25) is 0 Å². The van der Waals surface area contributed by atoms with Gasteiger partial charge >= 0.3 is 5.97 Å². The van der Waals surface area contributed by atoms with Crippen molar-refractivity contribution in [2.75, 3.05) is 0 Å². The number of benzene rings is 1. The zero-order chi connectivity index (χ0) is 12.5. The molecule has 0 spiro atoms. The summed E-state index contributed by atoms with van der Waals surface area (Å²) in [6.07, 6.45) is 5.12. The highest BCUT2D eigenvalue weighted by molar-refractivity contribution is 5.92. The number of rotatable bonds is 5. The molecule has 1 fully saturated rings. The average Bonchev–Trinajstić information content (AvgIpc) is 3.09. The minimum Gasteiger partial charge on any atom is -0.478 e. The fraction of sp³-hybridized carbons (Fsp3) is 0.462. The van der Waals surface area contributed by atoms with Gasteiger partial charge in [0, 0.05) is 6.54 Å². The second kappa shape index (κ2) is 4.40. The Morgan fingerprint density at radius 3 is 3.00 bits per heavy atom. The van der Waals surface area contributed by atoms with E-state index in [9.17, 15) is 4.79 Å². The third-order valence-corrected chi connectivity index (χ3v) is 3.44. The van der Waals surface area contributed by atoms with Crippen LogP contribution in [0.1, 0.15) is 36.0 Å². The fourth-order valence-corrected chi connectivity index (χ4v) is 2.21. The highest BCUT2D eigenvalue weighted by Gasteiger charge is 2.20. The van der Waals surface area contributed by atoms with Crippen molar-refractivity contribution in [3.05, 3.63) is 23.8 Å². The summed E-state index contributed by atoms with van der Waals surface area (Å²) in [6.45, 7) is 0.861. The van der Waals surface area contributed by atoms with Crippen LogP contribution < -0.4 is 0 Å². The molecular formula is C13H15N3O2. The van der Waals surface area contributed by atoms with Crippen LogP contribution in [0.25, 0.3) is 11.0 Å². The van der Waals surface area contributed by atoms with Gasteiger partial charge in [-0.3, -0.25) is 0 Å². The Kier molecular flexibility index (Phi) is 2.74. The smallest absolute Gasteiger partial charge is 0.335 e. The summed E-state index contributed by atoms with van der Waals surface area (Å²) >= 11 is 0. The summed E-state index contributed by atoms with van der Waals surface area (Å²) in [7, 11) is 0. The van der Waals surface area contributed by atoms with E-state index in [0.29, 0.717) is 5.52 Å². The first-order valence-corrected chi connectivity index (χ1v) is 6.30. The van der Waals surface area contributed by atoms with E-state index >= 15 is 0 Å². The molecule has 1 aromatic carbocycles. The Hall–Kier alpha value is -1.91. The second-order valence-electron chi connectivity index (χ2n) is 4.91. The molecule has 5 heteroatoms. The number of nitrogens with zero attached hydrogens (tertiary/aromatic N) is 3. The minimum absolute atomic E-state index is 0.257. The van der Waals surface area contributed by atoms with Crippen molar-refractivity contribution in [1.29, 1.82) is 0 Å². The highest BCUT2D eigenvalue weighted by atomic mass is 16.4. The standard InChI is InChI=1S/C13H15N3O2/c17-13(18)10-5-6-12-11(8-10)14-15-16(12)7-1-2-9-3-4-9/h5-6,8-9H,1-4,7H2,(H,17,18). The summed E-state index contributed by atoms with van der Waals surface area (Å²) in [5, 5.41) is 17.0. The third kappa shape index (κ3) is 2.20. The number of aryl methyl sites for hydroxylation is 1. The molecule has 0 saturated heterocycles. The number of carboxylic acid groups (broad SMARTS) is 1. The molecule has 5 nitrogen and oxygen atoms in total. The molecule has 0 unspecified atom stereocenters. The Morgan fingerprint density at radius 2 is 2.28 bits per heavy atom. The van der Waals surface area contributed by atoms with E-state index in [1.165, 1.54) is 19.3 Å². The van der Waals surface area contributed by atoms with Crippen molar-refractivity contribution >= 4 is 17.0 Å². The molecule has 0 atom stereocenters. The van der Waals surface area contributed by atoms with Gasteiger partial charge in [-0.25, -0.2) is 9.48 Å². The first-order valence-electron chi connectivity index (χ1n) is 6.30. The van der Waals surface area contributed by atoms with Gasteiger partial charge < -0.3 is 5.11 Å². The van der Waals surface area contributed by atoms with Crippen LogP contribution in [0, 0.1) is 5.92 Å². The zero-order valence-corrected chi connectivity index (χ0v) is 10.0. The van der Waals surface area contributed by atoms with Crippen molar-refractivity contribution < 1.29 is 9.90 Å². The third-order valence-electron chi connectivity index (χ3n) is 3.44. The predicted molar refractivity (Wildman–Crippen MR) is 66.4 cm³/mol. The zero-order valence-electron chi connectivity index (χ0n) is 10.0. The molecule has 1 aliphatic carbocycles. The lowest BCUT2D eigenvalue weighted by molar-refractivity contribution is 0.0697. The number of hydrogen-bond donors (Lipinski definition) is 1. The number of carbonyl (C=O) groups is 1. The second-order valence-corrected chi connectivity index (χ2v) is 4.91.